The number of nitrogens with one attached hydrogen (secondary N) is 1. The van der Waals surface area contributed by atoms with Gasteiger partial charge < -0.3 is 19.7 Å². The van der Waals surface area contributed by atoms with Crippen LogP contribution in [0.15, 0.2) is 18.2 Å². The van der Waals surface area contributed by atoms with E-state index in [1.54, 1.807) is 26.4 Å². The van der Waals surface area contributed by atoms with Crippen LogP contribution in [0.1, 0.15) is 16.8 Å². The van der Waals surface area contributed by atoms with Gasteiger partial charge in [-0.15, -0.1) is 12.4 Å². The number of carbonyl (C=O) groups is 1. The monoisotopic (exact) mass is 314 g/mol. The van der Waals surface area contributed by atoms with E-state index in [0.717, 1.165) is 26.1 Å². The predicted octanol–water partition coefficient (Wildman–Crippen LogP) is 1.81. The number of halogens is 1. The van der Waals surface area contributed by atoms with Gasteiger partial charge in [0.2, 0.25) is 0 Å². The number of rotatable bonds is 5. The van der Waals surface area contributed by atoms with Crippen molar-refractivity contribution in [1.82, 2.24) is 10.2 Å². The van der Waals surface area contributed by atoms with Gasteiger partial charge in [-0.2, -0.15) is 0 Å². The molecule has 1 aliphatic rings. The van der Waals surface area contributed by atoms with Crippen molar-refractivity contribution in [2.45, 2.75) is 6.42 Å². The lowest BCUT2D eigenvalue weighted by molar-refractivity contribution is 0.0783. The maximum atomic E-state index is 12.6. The van der Waals surface area contributed by atoms with Crippen LogP contribution in [0.4, 0.5) is 0 Å². The second kappa shape index (κ2) is 8.10. The standard InChI is InChI=1S/C15H22N2O3.ClH/c1-16-9-11-7-8-17(10-11)15(18)12-5-4-6-13(19-2)14(12)20-3;/h4-6,11,16H,7-10H2,1-3H3;1H. The van der Waals surface area contributed by atoms with E-state index >= 15 is 0 Å². The zero-order valence-electron chi connectivity index (χ0n) is 12.7. The molecule has 1 atom stereocenters. The first-order valence-electron chi connectivity index (χ1n) is 6.86. The van der Waals surface area contributed by atoms with Crippen molar-refractivity contribution in [3.63, 3.8) is 0 Å². The number of benzene rings is 1. The number of amides is 1. The molecule has 1 aromatic rings. The molecule has 1 saturated heterocycles. The summed E-state index contributed by atoms with van der Waals surface area (Å²) in [6.45, 7) is 2.53. The highest BCUT2D eigenvalue weighted by Gasteiger charge is 2.28. The predicted molar refractivity (Wildman–Crippen MR) is 84.7 cm³/mol. The van der Waals surface area contributed by atoms with Crippen LogP contribution >= 0.6 is 12.4 Å². The van der Waals surface area contributed by atoms with Crippen LogP contribution in [-0.2, 0) is 0 Å². The minimum absolute atomic E-state index is 0. The Morgan fingerprint density at radius 2 is 2.14 bits per heavy atom. The quantitative estimate of drug-likeness (QED) is 0.900. The number of nitrogens with zero attached hydrogens (tertiary/aromatic N) is 1. The molecule has 1 amide bonds. The fraction of sp³-hybridized carbons (Fsp3) is 0.533. The van der Waals surface area contributed by atoms with Gasteiger partial charge >= 0.3 is 0 Å². The lowest BCUT2D eigenvalue weighted by atomic mass is 10.1. The van der Waals surface area contributed by atoms with E-state index in [-0.39, 0.29) is 18.3 Å². The molecule has 0 aromatic heterocycles. The van der Waals surface area contributed by atoms with E-state index < -0.39 is 0 Å². The first kappa shape index (κ1) is 17.6. The van der Waals surface area contributed by atoms with Gasteiger partial charge in [-0.05, 0) is 38.1 Å². The first-order chi connectivity index (χ1) is 9.71. The van der Waals surface area contributed by atoms with E-state index in [1.807, 2.05) is 18.0 Å². The van der Waals surface area contributed by atoms with Crippen LogP contribution in [0.5, 0.6) is 11.5 Å². The van der Waals surface area contributed by atoms with Crippen LogP contribution in [0.25, 0.3) is 0 Å². The van der Waals surface area contributed by atoms with Crippen LogP contribution in [0, 0.1) is 5.92 Å². The lowest BCUT2D eigenvalue weighted by Crippen LogP contribution is -2.30. The zero-order chi connectivity index (χ0) is 14.5. The summed E-state index contributed by atoms with van der Waals surface area (Å²) in [5.41, 5.74) is 0.567. The Bertz CT molecular complexity index is 482. The average Bonchev–Trinajstić information content (AvgIpc) is 2.94. The van der Waals surface area contributed by atoms with Crippen molar-refractivity contribution < 1.29 is 14.3 Å². The summed E-state index contributed by atoms with van der Waals surface area (Å²) < 4.78 is 10.6. The Morgan fingerprint density at radius 1 is 1.38 bits per heavy atom. The number of hydrogen-bond donors (Lipinski definition) is 1. The smallest absolute Gasteiger partial charge is 0.257 e. The van der Waals surface area contributed by atoms with Gasteiger partial charge in [-0.25, -0.2) is 0 Å². The zero-order valence-corrected chi connectivity index (χ0v) is 13.5. The Labute approximate surface area is 132 Å². The highest BCUT2D eigenvalue weighted by Crippen LogP contribution is 2.32. The number of methoxy groups -OCH3 is 2. The van der Waals surface area contributed by atoms with Crippen molar-refractivity contribution in [1.29, 1.82) is 0 Å². The van der Waals surface area contributed by atoms with Crippen molar-refractivity contribution in [3.8, 4) is 11.5 Å². The van der Waals surface area contributed by atoms with Crippen LogP contribution in [-0.4, -0.2) is 51.7 Å². The van der Waals surface area contributed by atoms with E-state index in [4.69, 9.17) is 9.47 Å². The summed E-state index contributed by atoms with van der Waals surface area (Å²) in [4.78, 5) is 14.5. The maximum absolute atomic E-state index is 12.6. The van der Waals surface area contributed by atoms with Gasteiger partial charge in [0.1, 0.15) is 0 Å². The van der Waals surface area contributed by atoms with Gasteiger partial charge in [0, 0.05) is 13.1 Å². The topological polar surface area (TPSA) is 50.8 Å². The Balaban J connectivity index is 0.00000220. The minimum atomic E-state index is 0. The summed E-state index contributed by atoms with van der Waals surface area (Å²) in [7, 11) is 5.07. The molecule has 1 N–H and O–H groups in total. The largest absolute Gasteiger partial charge is 0.493 e. The normalized spacial score (nSPS) is 17.3. The third kappa shape index (κ3) is 3.80. The Hall–Kier alpha value is -1.46. The summed E-state index contributed by atoms with van der Waals surface area (Å²) in [6.07, 6.45) is 1.04. The minimum Gasteiger partial charge on any atom is -0.493 e. The van der Waals surface area contributed by atoms with E-state index in [1.165, 1.54) is 0 Å². The Kier molecular flexibility index (Phi) is 6.78. The highest BCUT2D eigenvalue weighted by atomic mass is 35.5. The van der Waals surface area contributed by atoms with E-state index in [9.17, 15) is 4.79 Å². The molecule has 1 heterocycles. The molecule has 0 saturated carbocycles. The summed E-state index contributed by atoms with van der Waals surface area (Å²) in [6, 6.07) is 5.40. The van der Waals surface area contributed by atoms with E-state index in [2.05, 4.69) is 5.32 Å². The van der Waals surface area contributed by atoms with E-state index in [0.29, 0.717) is 23.0 Å². The van der Waals surface area contributed by atoms with Gasteiger partial charge in [0.05, 0.1) is 19.8 Å². The molecular formula is C15H23ClN2O3. The third-order valence-corrected chi connectivity index (χ3v) is 3.70. The second-order valence-electron chi connectivity index (χ2n) is 5.00. The molecule has 5 nitrogen and oxygen atoms in total. The fourth-order valence-electron chi connectivity index (χ4n) is 2.70. The average molecular weight is 315 g/mol. The number of likely N-dealkylation sites (tertiary alicyclic amines) is 1. The molecule has 1 fully saturated rings. The summed E-state index contributed by atoms with van der Waals surface area (Å²) in [5, 5.41) is 3.17. The fourth-order valence-corrected chi connectivity index (χ4v) is 2.70. The van der Waals surface area contributed by atoms with Crippen LogP contribution in [0.3, 0.4) is 0 Å². The van der Waals surface area contributed by atoms with Gasteiger partial charge in [0.15, 0.2) is 11.5 Å². The van der Waals surface area contributed by atoms with Gasteiger partial charge in [-0.1, -0.05) is 6.07 Å². The molecule has 1 aromatic carbocycles. The molecular weight excluding hydrogens is 292 g/mol. The molecule has 0 spiro atoms. The number of ether oxygens (including phenoxy) is 2. The number of hydrogen-bond acceptors (Lipinski definition) is 4. The highest BCUT2D eigenvalue weighted by molar-refractivity contribution is 5.98. The molecule has 6 heteroatoms. The SMILES string of the molecule is CNCC1CCN(C(=O)c2cccc(OC)c2OC)C1.Cl. The van der Waals surface area contributed by atoms with Crippen LogP contribution < -0.4 is 14.8 Å². The third-order valence-electron chi connectivity index (χ3n) is 3.70. The second-order valence-corrected chi connectivity index (χ2v) is 5.00. The molecule has 1 aliphatic heterocycles. The van der Waals surface area contributed by atoms with Crippen molar-refractivity contribution in [2.75, 3.05) is 40.9 Å². The number of para-hydroxylation sites is 1. The first-order valence-corrected chi connectivity index (χ1v) is 6.86. The molecule has 21 heavy (non-hydrogen) atoms. The molecule has 0 radical (unpaired) electrons. The molecule has 2 rings (SSSR count). The lowest BCUT2D eigenvalue weighted by Gasteiger charge is -2.19. The Morgan fingerprint density at radius 3 is 2.76 bits per heavy atom. The van der Waals surface area contributed by atoms with Crippen molar-refractivity contribution in [2.24, 2.45) is 5.92 Å². The summed E-state index contributed by atoms with van der Waals surface area (Å²) in [5.74, 6) is 1.64. The molecule has 0 aliphatic carbocycles. The summed E-state index contributed by atoms with van der Waals surface area (Å²) >= 11 is 0. The molecule has 118 valence electrons. The van der Waals surface area contributed by atoms with Crippen molar-refractivity contribution in [3.05, 3.63) is 23.8 Å². The maximum Gasteiger partial charge on any atom is 0.257 e. The van der Waals surface area contributed by atoms with Crippen LogP contribution in [0.2, 0.25) is 0 Å². The molecule has 1 unspecified atom stereocenters. The van der Waals surface area contributed by atoms with Gasteiger partial charge in [-0.3, -0.25) is 4.79 Å². The van der Waals surface area contributed by atoms with Crippen molar-refractivity contribution >= 4 is 18.3 Å². The number of carbonyl (C=O) groups excluding carboxylic acids is 1. The van der Waals surface area contributed by atoms with Gasteiger partial charge in [0.25, 0.3) is 5.91 Å². The molecule has 0 bridgehead atoms.